The zero-order valence-electron chi connectivity index (χ0n) is 11.5. The summed E-state index contributed by atoms with van der Waals surface area (Å²) in [6, 6.07) is 12.3. The molecule has 0 fully saturated rings. The summed E-state index contributed by atoms with van der Waals surface area (Å²) in [4.78, 5) is 4.90. The maximum absolute atomic E-state index is 14.5. The molecule has 2 aromatic carbocycles. The van der Waals surface area contributed by atoms with Gasteiger partial charge in [-0.2, -0.15) is 0 Å². The van der Waals surface area contributed by atoms with Crippen LogP contribution in [0.25, 0.3) is 20.5 Å². The van der Waals surface area contributed by atoms with Gasteiger partial charge in [0.2, 0.25) is 5.90 Å². The van der Waals surface area contributed by atoms with Crippen molar-refractivity contribution in [3.05, 3.63) is 59.7 Å². The Morgan fingerprint density at radius 3 is 2.73 bits per heavy atom. The highest BCUT2D eigenvalue weighted by Crippen LogP contribution is 2.38. The summed E-state index contributed by atoms with van der Waals surface area (Å²) in [6.45, 7) is 1.01. The van der Waals surface area contributed by atoms with Crippen LogP contribution >= 0.6 is 11.3 Å². The molecule has 22 heavy (non-hydrogen) atoms. The van der Waals surface area contributed by atoms with Crippen molar-refractivity contribution in [2.75, 3.05) is 13.2 Å². The number of benzene rings is 2. The molecule has 110 valence electrons. The first-order valence-corrected chi connectivity index (χ1v) is 7.70. The first-order chi connectivity index (χ1) is 10.7. The van der Waals surface area contributed by atoms with Crippen LogP contribution in [0.3, 0.4) is 0 Å². The SMILES string of the molecule is Fc1ccc(C2=NCCO2)c(-c2cc3ccccc3s2)c1F. The van der Waals surface area contributed by atoms with E-state index < -0.39 is 11.6 Å². The quantitative estimate of drug-likeness (QED) is 0.676. The highest BCUT2D eigenvalue weighted by molar-refractivity contribution is 7.22. The lowest BCUT2D eigenvalue weighted by Crippen LogP contribution is -2.05. The van der Waals surface area contributed by atoms with Gasteiger partial charge < -0.3 is 4.74 Å². The van der Waals surface area contributed by atoms with E-state index in [0.29, 0.717) is 29.5 Å². The van der Waals surface area contributed by atoms with Gasteiger partial charge in [-0.15, -0.1) is 11.3 Å². The van der Waals surface area contributed by atoms with Crippen molar-refractivity contribution in [1.29, 1.82) is 0 Å². The molecule has 3 aromatic rings. The van der Waals surface area contributed by atoms with Crippen molar-refractivity contribution < 1.29 is 13.5 Å². The Morgan fingerprint density at radius 1 is 1.09 bits per heavy atom. The maximum atomic E-state index is 14.5. The van der Waals surface area contributed by atoms with Gasteiger partial charge in [0.25, 0.3) is 0 Å². The average Bonchev–Trinajstić information content (AvgIpc) is 3.18. The van der Waals surface area contributed by atoms with Crippen LogP contribution in [0.2, 0.25) is 0 Å². The van der Waals surface area contributed by atoms with Gasteiger partial charge in [-0.1, -0.05) is 18.2 Å². The van der Waals surface area contributed by atoms with E-state index in [2.05, 4.69) is 4.99 Å². The topological polar surface area (TPSA) is 21.6 Å². The van der Waals surface area contributed by atoms with Crippen molar-refractivity contribution in [3.63, 3.8) is 0 Å². The van der Waals surface area contributed by atoms with Crippen LogP contribution in [0, 0.1) is 11.6 Å². The van der Waals surface area contributed by atoms with E-state index in [-0.39, 0.29) is 5.56 Å². The molecule has 2 heterocycles. The normalized spacial score (nSPS) is 14.2. The van der Waals surface area contributed by atoms with Gasteiger partial charge in [-0.05, 0) is 29.7 Å². The van der Waals surface area contributed by atoms with Gasteiger partial charge in [0.05, 0.1) is 6.54 Å². The number of fused-ring (bicyclic) bond motifs is 1. The van der Waals surface area contributed by atoms with Gasteiger partial charge in [0.15, 0.2) is 11.6 Å². The zero-order valence-corrected chi connectivity index (χ0v) is 12.3. The Balaban J connectivity index is 1.97. The molecule has 1 aromatic heterocycles. The monoisotopic (exact) mass is 315 g/mol. The van der Waals surface area contributed by atoms with Gasteiger partial charge in [0.1, 0.15) is 6.61 Å². The summed E-state index contributed by atoms with van der Waals surface area (Å²) in [5.74, 6) is -1.34. The largest absolute Gasteiger partial charge is 0.475 e. The van der Waals surface area contributed by atoms with Crippen LogP contribution < -0.4 is 0 Å². The van der Waals surface area contributed by atoms with Crippen LogP contribution in [-0.2, 0) is 4.74 Å². The lowest BCUT2D eigenvalue weighted by atomic mass is 10.0. The molecule has 4 rings (SSSR count). The predicted molar refractivity (Wildman–Crippen MR) is 84.5 cm³/mol. The lowest BCUT2D eigenvalue weighted by Gasteiger charge is -2.09. The number of hydrogen-bond acceptors (Lipinski definition) is 3. The molecule has 1 aliphatic rings. The fraction of sp³-hybridized carbons (Fsp3) is 0.118. The van der Waals surface area contributed by atoms with E-state index >= 15 is 0 Å². The second-order valence-electron chi connectivity index (χ2n) is 4.97. The Bertz CT molecular complexity index is 868. The number of ether oxygens (including phenoxy) is 1. The molecular formula is C17H11F2NOS. The lowest BCUT2D eigenvalue weighted by molar-refractivity contribution is 0.348. The van der Waals surface area contributed by atoms with Crippen molar-refractivity contribution in [2.24, 2.45) is 4.99 Å². The van der Waals surface area contributed by atoms with E-state index in [4.69, 9.17) is 4.74 Å². The summed E-state index contributed by atoms with van der Waals surface area (Å²) < 4.78 is 34.7. The maximum Gasteiger partial charge on any atom is 0.217 e. The molecule has 2 nitrogen and oxygen atoms in total. The van der Waals surface area contributed by atoms with Crippen LogP contribution in [0.1, 0.15) is 5.56 Å². The predicted octanol–water partition coefficient (Wildman–Crippen LogP) is 4.62. The first kappa shape index (κ1) is 13.4. The Labute approximate surface area is 129 Å². The van der Waals surface area contributed by atoms with E-state index in [1.54, 1.807) is 0 Å². The smallest absolute Gasteiger partial charge is 0.217 e. The Kier molecular flexibility index (Phi) is 3.15. The third-order valence-corrected chi connectivity index (χ3v) is 4.72. The summed E-state index contributed by atoms with van der Waals surface area (Å²) in [5.41, 5.74) is 0.727. The standard InChI is InChI=1S/C17H11F2NOS/c18-12-6-5-11(17-20-7-8-21-17)15(16(12)19)14-9-10-3-1-2-4-13(10)22-14/h1-6,9H,7-8H2. The highest BCUT2D eigenvalue weighted by atomic mass is 32.1. The van der Waals surface area contributed by atoms with E-state index in [1.165, 1.54) is 17.4 Å². The minimum absolute atomic E-state index is 0.224. The fourth-order valence-electron chi connectivity index (χ4n) is 2.57. The molecule has 0 bridgehead atoms. The van der Waals surface area contributed by atoms with Crippen molar-refractivity contribution in [3.8, 4) is 10.4 Å². The zero-order chi connectivity index (χ0) is 15.1. The number of aliphatic imine (C=N–C) groups is 1. The summed E-state index contributed by atoms with van der Waals surface area (Å²) in [5, 5.41) is 1.01. The average molecular weight is 315 g/mol. The van der Waals surface area contributed by atoms with Crippen LogP contribution in [0.4, 0.5) is 8.78 Å². The van der Waals surface area contributed by atoms with Gasteiger partial charge >= 0.3 is 0 Å². The number of nitrogens with zero attached hydrogens (tertiary/aromatic N) is 1. The van der Waals surface area contributed by atoms with Crippen molar-refractivity contribution in [2.45, 2.75) is 0 Å². The number of halogens is 2. The highest BCUT2D eigenvalue weighted by Gasteiger charge is 2.23. The van der Waals surface area contributed by atoms with E-state index in [9.17, 15) is 8.78 Å². The molecule has 0 saturated carbocycles. The minimum Gasteiger partial charge on any atom is -0.475 e. The van der Waals surface area contributed by atoms with Crippen molar-refractivity contribution >= 4 is 27.3 Å². The summed E-state index contributed by atoms with van der Waals surface area (Å²) in [6.07, 6.45) is 0. The molecule has 0 aliphatic carbocycles. The van der Waals surface area contributed by atoms with Gasteiger partial charge in [-0.3, -0.25) is 0 Å². The molecular weight excluding hydrogens is 304 g/mol. The Hall–Kier alpha value is -2.27. The molecule has 0 N–H and O–H groups in total. The molecule has 0 unspecified atom stereocenters. The molecule has 1 aliphatic heterocycles. The third kappa shape index (κ3) is 2.09. The first-order valence-electron chi connectivity index (χ1n) is 6.88. The van der Waals surface area contributed by atoms with Gasteiger partial charge in [0, 0.05) is 20.7 Å². The summed E-state index contributed by atoms with van der Waals surface area (Å²) >= 11 is 1.43. The molecule has 0 saturated heterocycles. The van der Waals surface area contributed by atoms with Gasteiger partial charge in [-0.25, -0.2) is 13.8 Å². The second-order valence-corrected chi connectivity index (χ2v) is 6.05. The second kappa shape index (κ2) is 5.18. The number of rotatable bonds is 2. The molecule has 0 amide bonds. The minimum atomic E-state index is -0.866. The molecule has 5 heteroatoms. The number of hydrogen-bond donors (Lipinski definition) is 0. The fourth-order valence-corrected chi connectivity index (χ4v) is 3.69. The molecule has 0 atom stereocenters. The van der Waals surface area contributed by atoms with Crippen LogP contribution in [0.15, 0.2) is 47.5 Å². The number of thiophene rings is 1. The molecule has 0 radical (unpaired) electrons. The Morgan fingerprint density at radius 2 is 1.95 bits per heavy atom. The van der Waals surface area contributed by atoms with Crippen LogP contribution in [-0.4, -0.2) is 19.0 Å². The summed E-state index contributed by atoms with van der Waals surface area (Å²) in [7, 11) is 0. The third-order valence-electron chi connectivity index (χ3n) is 3.58. The van der Waals surface area contributed by atoms with Crippen molar-refractivity contribution in [1.82, 2.24) is 0 Å². The molecule has 0 spiro atoms. The van der Waals surface area contributed by atoms with Crippen LogP contribution in [0.5, 0.6) is 0 Å². The van der Waals surface area contributed by atoms with E-state index in [0.717, 1.165) is 16.2 Å². The van der Waals surface area contributed by atoms with E-state index in [1.807, 2.05) is 30.3 Å².